The zero-order chi connectivity index (χ0) is 26.8. The SMILES string of the molecule is O=C(c1cc(C(=O)N2CCSC2=S)c(OCc2ccccc2)c(C(=O)N2CCSC2=S)c1)N1CCSC1=S. The van der Waals surface area contributed by atoms with Crippen LogP contribution in [0.2, 0.25) is 0 Å². The van der Waals surface area contributed by atoms with Crippen molar-refractivity contribution in [3.63, 3.8) is 0 Å². The maximum absolute atomic E-state index is 13.8. The molecule has 0 bridgehead atoms. The fraction of sp³-hybridized carbons (Fsp3) is 0.280. The molecule has 13 heteroatoms. The molecule has 2 aromatic rings. The summed E-state index contributed by atoms with van der Waals surface area (Å²) in [4.78, 5) is 45.7. The fourth-order valence-electron chi connectivity index (χ4n) is 4.14. The summed E-state index contributed by atoms with van der Waals surface area (Å²) >= 11 is 20.4. The van der Waals surface area contributed by atoms with Gasteiger partial charge in [-0.15, -0.1) is 0 Å². The Labute approximate surface area is 249 Å². The molecule has 0 atom stereocenters. The maximum Gasteiger partial charge on any atom is 0.263 e. The van der Waals surface area contributed by atoms with Crippen LogP contribution in [-0.2, 0) is 6.61 Å². The van der Waals surface area contributed by atoms with Gasteiger partial charge in [-0.05, 0) is 17.7 Å². The lowest BCUT2D eigenvalue weighted by atomic mass is 10.0. The van der Waals surface area contributed by atoms with Crippen LogP contribution in [0.15, 0.2) is 42.5 Å². The third-order valence-corrected chi connectivity index (χ3v) is 10.3. The van der Waals surface area contributed by atoms with Gasteiger partial charge in [0, 0.05) is 42.5 Å². The van der Waals surface area contributed by atoms with Gasteiger partial charge in [-0.2, -0.15) is 0 Å². The van der Waals surface area contributed by atoms with E-state index in [1.807, 2.05) is 30.3 Å². The Kier molecular flexibility index (Phi) is 8.70. The van der Waals surface area contributed by atoms with Crippen molar-refractivity contribution in [1.82, 2.24) is 14.7 Å². The minimum atomic E-state index is -0.413. The maximum atomic E-state index is 13.8. The van der Waals surface area contributed by atoms with Crippen molar-refractivity contribution in [1.29, 1.82) is 0 Å². The summed E-state index contributed by atoms with van der Waals surface area (Å²) < 4.78 is 7.58. The van der Waals surface area contributed by atoms with E-state index in [4.69, 9.17) is 41.4 Å². The molecule has 3 saturated heterocycles. The first-order valence-electron chi connectivity index (χ1n) is 11.7. The fourth-order valence-corrected chi connectivity index (χ4v) is 7.74. The second-order valence-electron chi connectivity index (χ2n) is 8.39. The summed E-state index contributed by atoms with van der Waals surface area (Å²) in [5.74, 6) is 0.958. The predicted octanol–water partition coefficient (Wildman–Crippen LogP) is 4.69. The van der Waals surface area contributed by atoms with Gasteiger partial charge in [-0.1, -0.05) is 102 Å². The van der Waals surface area contributed by atoms with Crippen LogP contribution in [0.25, 0.3) is 0 Å². The summed E-state index contributed by atoms with van der Waals surface area (Å²) in [5, 5.41) is 0. The van der Waals surface area contributed by atoms with E-state index in [9.17, 15) is 14.4 Å². The number of ether oxygens (including phenoxy) is 1. The lowest BCUT2D eigenvalue weighted by Gasteiger charge is -2.23. The molecule has 5 rings (SSSR count). The molecule has 7 nitrogen and oxygen atoms in total. The normalized spacial score (nSPS) is 17.5. The highest BCUT2D eigenvalue weighted by molar-refractivity contribution is 8.24. The molecule has 0 aromatic heterocycles. The first kappa shape index (κ1) is 27.5. The molecule has 0 unspecified atom stereocenters. The van der Waals surface area contributed by atoms with Gasteiger partial charge in [0.05, 0.1) is 11.1 Å². The van der Waals surface area contributed by atoms with Crippen LogP contribution in [0, 0.1) is 0 Å². The van der Waals surface area contributed by atoms with Gasteiger partial charge in [-0.3, -0.25) is 29.1 Å². The number of hydrogen-bond acceptors (Lipinski definition) is 10. The van der Waals surface area contributed by atoms with Crippen LogP contribution in [0.1, 0.15) is 36.6 Å². The van der Waals surface area contributed by atoms with Gasteiger partial charge in [0.1, 0.15) is 25.3 Å². The van der Waals surface area contributed by atoms with Crippen molar-refractivity contribution in [2.45, 2.75) is 6.61 Å². The molecule has 3 fully saturated rings. The van der Waals surface area contributed by atoms with E-state index < -0.39 is 11.8 Å². The number of rotatable bonds is 6. The van der Waals surface area contributed by atoms with Crippen LogP contribution in [0.3, 0.4) is 0 Å². The molecule has 0 N–H and O–H groups in total. The van der Waals surface area contributed by atoms with Crippen LogP contribution in [0.4, 0.5) is 0 Å². The number of benzene rings is 2. The van der Waals surface area contributed by atoms with E-state index in [2.05, 4.69) is 0 Å². The van der Waals surface area contributed by atoms with Crippen molar-refractivity contribution in [3.8, 4) is 5.75 Å². The lowest BCUT2D eigenvalue weighted by Crippen LogP contribution is -2.35. The van der Waals surface area contributed by atoms with Crippen LogP contribution >= 0.6 is 71.9 Å². The quantitative estimate of drug-likeness (QED) is 0.426. The first-order chi connectivity index (χ1) is 18.3. The number of thioether (sulfide) groups is 3. The van der Waals surface area contributed by atoms with E-state index in [0.29, 0.717) is 49.9 Å². The van der Waals surface area contributed by atoms with Crippen molar-refractivity contribution >= 4 is 103 Å². The largest absolute Gasteiger partial charge is 0.487 e. The molecule has 0 aliphatic carbocycles. The average molecular weight is 620 g/mol. The third kappa shape index (κ3) is 5.63. The Morgan fingerprint density at radius 1 is 0.711 bits per heavy atom. The van der Waals surface area contributed by atoms with E-state index in [-0.39, 0.29) is 35.0 Å². The summed E-state index contributed by atoms with van der Waals surface area (Å²) in [7, 11) is 0. The smallest absolute Gasteiger partial charge is 0.263 e. The summed E-state index contributed by atoms with van der Waals surface area (Å²) in [6, 6.07) is 12.4. The molecule has 3 aliphatic rings. The molecule has 196 valence electrons. The predicted molar refractivity (Wildman–Crippen MR) is 165 cm³/mol. The molecule has 3 aliphatic heterocycles. The average Bonchev–Trinajstić information content (AvgIpc) is 3.67. The van der Waals surface area contributed by atoms with Crippen molar-refractivity contribution in [2.75, 3.05) is 36.9 Å². The molecule has 0 saturated carbocycles. The van der Waals surface area contributed by atoms with Gasteiger partial charge < -0.3 is 4.74 Å². The molecular weight excluding hydrogens is 599 g/mol. The first-order valence-corrected chi connectivity index (χ1v) is 15.8. The van der Waals surface area contributed by atoms with Crippen molar-refractivity contribution in [2.24, 2.45) is 0 Å². The lowest BCUT2D eigenvalue weighted by molar-refractivity contribution is 0.0851. The van der Waals surface area contributed by atoms with E-state index >= 15 is 0 Å². The number of amides is 3. The zero-order valence-corrected chi connectivity index (χ0v) is 24.8. The number of nitrogens with zero attached hydrogens (tertiary/aromatic N) is 3. The third-order valence-electron chi connectivity index (χ3n) is 6.04. The van der Waals surface area contributed by atoms with Crippen LogP contribution in [0.5, 0.6) is 5.75 Å². The minimum Gasteiger partial charge on any atom is -0.487 e. The number of carbonyl (C=O) groups excluding carboxylic acids is 3. The standard InChI is InChI=1S/C25H21N3O4S6/c29-20(26-6-9-36-23(26)33)16-12-17(21(30)27-7-10-37-24(27)34)19(32-14-15-4-2-1-3-5-15)18(13-16)22(31)28-8-11-38-25(28)35/h1-5,12-13H,6-11,14H2. The van der Waals surface area contributed by atoms with Crippen LogP contribution < -0.4 is 4.74 Å². The van der Waals surface area contributed by atoms with Gasteiger partial charge >= 0.3 is 0 Å². The number of thiocarbonyl (C=S) groups is 3. The van der Waals surface area contributed by atoms with Crippen LogP contribution in [-0.4, -0.2) is 82.3 Å². The van der Waals surface area contributed by atoms with Gasteiger partial charge in [0.15, 0.2) is 0 Å². The van der Waals surface area contributed by atoms with Crippen molar-refractivity contribution < 1.29 is 19.1 Å². The molecule has 0 spiro atoms. The Hall–Kier alpha value is -2.03. The van der Waals surface area contributed by atoms with Gasteiger partial charge in [-0.25, -0.2) is 0 Å². The van der Waals surface area contributed by atoms with E-state index in [0.717, 1.165) is 5.56 Å². The van der Waals surface area contributed by atoms with E-state index in [1.54, 1.807) is 0 Å². The molecule has 2 aromatic carbocycles. The molecule has 3 amide bonds. The summed E-state index contributed by atoms with van der Waals surface area (Å²) in [6.07, 6.45) is 0. The Morgan fingerprint density at radius 2 is 1.16 bits per heavy atom. The minimum absolute atomic E-state index is 0.107. The van der Waals surface area contributed by atoms with E-state index in [1.165, 1.54) is 62.1 Å². The molecular formula is C25H21N3O4S6. The Morgan fingerprint density at radius 3 is 1.58 bits per heavy atom. The Bertz CT molecular complexity index is 1290. The molecule has 3 heterocycles. The summed E-state index contributed by atoms with van der Waals surface area (Å²) in [6.45, 7) is 1.45. The number of hydrogen-bond donors (Lipinski definition) is 0. The Balaban J connectivity index is 1.64. The molecule has 38 heavy (non-hydrogen) atoms. The second kappa shape index (κ2) is 12.0. The van der Waals surface area contributed by atoms with Crippen molar-refractivity contribution in [3.05, 3.63) is 64.7 Å². The second-order valence-corrected chi connectivity index (χ2v) is 13.6. The van der Waals surface area contributed by atoms with Gasteiger partial charge in [0.25, 0.3) is 17.7 Å². The summed E-state index contributed by atoms with van der Waals surface area (Å²) in [5.41, 5.74) is 1.26. The van der Waals surface area contributed by atoms with Gasteiger partial charge in [0.2, 0.25) is 0 Å². The number of carbonyl (C=O) groups is 3. The monoisotopic (exact) mass is 619 g/mol. The zero-order valence-electron chi connectivity index (χ0n) is 19.9. The highest BCUT2D eigenvalue weighted by Crippen LogP contribution is 2.34. The highest BCUT2D eigenvalue weighted by Gasteiger charge is 2.35. The molecule has 0 radical (unpaired) electrons. The topological polar surface area (TPSA) is 70.2 Å². The highest BCUT2D eigenvalue weighted by atomic mass is 32.2.